The lowest BCUT2D eigenvalue weighted by Gasteiger charge is -2.25. The molecule has 0 radical (unpaired) electrons. The summed E-state index contributed by atoms with van der Waals surface area (Å²) in [6.07, 6.45) is -0.605. The first kappa shape index (κ1) is 17.0. The first-order chi connectivity index (χ1) is 9.85. The average Bonchev–Trinajstić information content (AvgIpc) is 2.43. The van der Waals surface area contributed by atoms with Crippen molar-refractivity contribution >= 4 is 11.7 Å². The zero-order valence-corrected chi connectivity index (χ0v) is 13.2. The number of carbonyl (C=O) groups excluding carboxylic acids is 2. The van der Waals surface area contributed by atoms with Crippen molar-refractivity contribution in [1.29, 1.82) is 0 Å². The second-order valence-electron chi connectivity index (χ2n) is 5.15. The number of hydrogen-bond donors (Lipinski definition) is 0. The van der Waals surface area contributed by atoms with Gasteiger partial charge in [0.25, 0.3) is 5.91 Å². The highest BCUT2D eigenvalue weighted by molar-refractivity contribution is 5.94. The molecule has 1 aromatic rings. The van der Waals surface area contributed by atoms with Crippen molar-refractivity contribution in [2.75, 3.05) is 13.1 Å². The van der Waals surface area contributed by atoms with E-state index in [1.54, 1.807) is 36.1 Å². The van der Waals surface area contributed by atoms with Crippen LogP contribution in [0.5, 0.6) is 5.75 Å². The number of benzene rings is 1. The molecular weight excluding hydrogens is 266 g/mol. The summed E-state index contributed by atoms with van der Waals surface area (Å²) < 4.78 is 5.66. The molecule has 4 heteroatoms. The number of Topliss-reactive ketones (excluding diaryl/α,β-unsaturated/α-hetero) is 1. The largest absolute Gasteiger partial charge is 0.481 e. The van der Waals surface area contributed by atoms with E-state index < -0.39 is 6.10 Å². The fraction of sp³-hybridized carbons (Fsp3) is 0.412. The van der Waals surface area contributed by atoms with Gasteiger partial charge < -0.3 is 9.64 Å². The van der Waals surface area contributed by atoms with E-state index in [1.165, 1.54) is 6.92 Å². The molecule has 114 valence electrons. The van der Waals surface area contributed by atoms with Gasteiger partial charge in [-0.15, -0.1) is 0 Å². The predicted molar refractivity (Wildman–Crippen MR) is 83.6 cm³/mol. The van der Waals surface area contributed by atoms with E-state index in [-0.39, 0.29) is 11.7 Å². The van der Waals surface area contributed by atoms with E-state index in [0.29, 0.717) is 24.4 Å². The third-order valence-corrected chi connectivity index (χ3v) is 3.06. The third kappa shape index (κ3) is 5.06. The smallest absolute Gasteiger partial charge is 0.263 e. The average molecular weight is 289 g/mol. The Bertz CT molecular complexity index is 537. The molecule has 0 saturated carbocycles. The number of likely N-dealkylation sites (N-methyl/N-ethyl adjacent to an activating group) is 1. The lowest BCUT2D eigenvalue weighted by atomic mass is 10.1. The Hall–Kier alpha value is -2.10. The highest BCUT2D eigenvalue weighted by Crippen LogP contribution is 2.16. The van der Waals surface area contributed by atoms with Crippen molar-refractivity contribution in [3.63, 3.8) is 0 Å². The van der Waals surface area contributed by atoms with Gasteiger partial charge >= 0.3 is 0 Å². The third-order valence-electron chi connectivity index (χ3n) is 3.06. The fourth-order valence-electron chi connectivity index (χ4n) is 1.97. The summed E-state index contributed by atoms with van der Waals surface area (Å²) in [4.78, 5) is 25.4. The molecule has 1 aromatic carbocycles. The fourth-order valence-corrected chi connectivity index (χ4v) is 1.97. The van der Waals surface area contributed by atoms with Gasteiger partial charge in [-0.25, -0.2) is 0 Å². The standard InChI is InChI=1S/C17H23NO3/c1-6-18(11-12(2)3)17(20)14(5)21-16-9-7-8-15(10-16)13(4)19/h7-10,14H,2,6,11H2,1,3-5H3. The molecule has 0 aliphatic carbocycles. The van der Waals surface area contributed by atoms with Crippen molar-refractivity contribution in [1.82, 2.24) is 4.90 Å². The molecule has 0 bridgehead atoms. The van der Waals surface area contributed by atoms with Gasteiger partial charge in [-0.3, -0.25) is 9.59 Å². The Balaban J connectivity index is 2.77. The quantitative estimate of drug-likeness (QED) is 0.572. The minimum absolute atomic E-state index is 0.0307. The van der Waals surface area contributed by atoms with Crippen molar-refractivity contribution in [3.05, 3.63) is 42.0 Å². The molecule has 1 atom stereocenters. The number of nitrogens with zero attached hydrogens (tertiary/aromatic N) is 1. The van der Waals surface area contributed by atoms with Crippen LogP contribution in [0.3, 0.4) is 0 Å². The van der Waals surface area contributed by atoms with Crippen LogP contribution < -0.4 is 4.74 Å². The highest BCUT2D eigenvalue weighted by Gasteiger charge is 2.21. The van der Waals surface area contributed by atoms with Crippen LogP contribution >= 0.6 is 0 Å². The molecule has 0 N–H and O–H groups in total. The topological polar surface area (TPSA) is 46.6 Å². The van der Waals surface area contributed by atoms with Crippen LogP contribution in [0.4, 0.5) is 0 Å². The molecule has 1 rings (SSSR count). The summed E-state index contributed by atoms with van der Waals surface area (Å²) >= 11 is 0. The zero-order chi connectivity index (χ0) is 16.0. The molecule has 4 nitrogen and oxygen atoms in total. The van der Waals surface area contributed by atoms with Gasteiger partial charge in [0.15, 0.2) is 11.9 Å². The molecule has 1 amide bonds. The maximum Gasteiger partial charge on any atom is 0.263 e. The van der Waals surface area contributed by atoms with E-state index >= 15 is 0 Å². The van der Waals surface area contributed by atoms with Crippen LogP contribution in [0.2, 0.25) is 0 Å². The molecule has 0 heterocycles. The molecule has 0 aliphatic heterocycles. The zero-order valence-electron chi connectivity index (χ0n) is 13.2. The number of rotatable bonds is 7. The Morgan fingerprint density at radius 3 is 2.52 bits per heavy atom. The number of ketones is 1. The van der Waals surface area contributed by atoms with Gasteiger partial charge in [0.2, 0.25) is 0 Å². The normalized spacial score (nSPS) is 11.6. The molecule has 21 heavy (non-hydrogen) atoms. The summed E-state index contributed by atoms with van der Waals surface area (Å²) in [7, 11) is 0. The van der Waals surface area contributed by atoms with E-state index in [9.17, 15) is 9.59 Å². The molecule has 0 aromatic heterocycles. The second kappa shape index (κ2) is 7.62. The SMILES string of the molecule is C=C(C)CN(CC)C(=O)C(C)Oc1cccc(C(C)=O)c1. The number of amides is 1. The monoisotopic (exact) mass is 289 g/mol. The molecule has 0 spiro atoms. The Morgan fingerprint density at radius 2 is 2.00 bits per heavy atom. The summed E-state index contributed by atoms with van der Waals surface area (Å²) in [5.41, 5.74) is 1.50. The van der Waals surface area contributed by atoms with Gasteiger partial charge in [-0.05, 0) is 39.8 Å². The van der Waals surface area contributed by atoms with Crippen molar-refractivity contribution < 1.29 is 14.3 Å². The summed E-state index contributed by atoms with van der Waals surface area (Å²) in [5.74, 6) is 0.403. The van der Waals surface area contributed by atoms with Crippen LogP contribution in [0.1, 0.15) is 38.1 Å². The van der Waals surface area contributed by atoms with Crippen LogP contribution in [0, 0.1) is 0 Å². The van der Waals surface area contributed by atoms with Crippen LogP contribution in [0.25, 0.3) is 0 Å². The van der Waals surface area contributed by atoms with Gasteiger partial charge in [0, 0.05) is 18.7 Å². The summed E-state index contributed by atoms with van der Waals surface area (Å²) in [6.45, 7) is 12.0. The predicted octanol–water partition coefficient (Wildman–Crippen LogP) is 3.08. The van der Waals surface area contributed by atoms with E-state index in [1.807, 2.05) is 13.8 Å². The van der Waals surface area contributed by atoms with Crippen molar-refractivity contribution in [2.24, 2.45) is 0 Å². The van der Waals surface area contributed by atoms with Crippen molar-refractivity contribution in [3.8, 4) is 5.75 Å². The first-order valence-electron chi connectivity index (χ1n) is 7.06. The lowest BCUT2D eigenvalue weighted by molar-refractivity contribution is -0.137. The van der Waals surface area contributed by atoms with Crippen LogP contribution in [0.15, 0.2) is 36.4 Å². The highest BCUT2D eigenvalue weighted by atomic mass is 16.5. The Morgan fingerprint density at radius 1 is 1.33 bits per heavy atom. The number of hydrogen-bond acceptors (Lipinski definition) is 3. The Kier molecular flexibility index (Phi) is 6.15. The van der Waals surface area contributed by atoms with E-state index in [2.05, 4.69) is 6.58 Å². The molecule has 0 fully saturated rings. The molecular formula is C17H23NO3. The maximum atomic E-state index is 12.3. The van der Waals surface area contributed by atoms with Gasteiger partial charge in [-0.1, -0.05) is 24.3 Å². The molecule has 0 aliphatic rings. The van der Waals surface area contributed by atoms with Crippen LogP contribution in [-0.2, 0) is 4.79 Å². The number of ether oxygens (including phenoxy) is 1. The lowest BCUT2D eigenvalue weighted by Crippen LogP contribution is -2.41. The van der Waals surface area contributed by atoms with Crippen LogP contribution in [-0.4, -0.2) is 35.8 Å². The van der Waals surface area contributed by atoms with Crippen molar-refractivity contribution in [2.45, 2.75) is 33.8 Å². The maximum absolute atomic E-state index is 12.3. The first-order valence-corrected chi connectivity index (χ1v) is 7.06. The minimum atomic E-state index is -0.605. The summed E-state index contributed by atoms with van der Waals surface area (Å²) in [6, 6.07) is 6.86. The molecule has 1 unspecified atom stereocenters. The van der Waals surface area contributed by atoms with Gasteiger partial charge in [0.1, 0.15) is 5.75 Å². The Labute approximate surface area is 126 Å². The minimum Gasteiger partial charge on any atom is -0.481 e. The van der Waals surface area contributed by atoms with E-state index in [0.717, 1.165) is 5.57 Å². The summed E-state index contributed by atoms with van der Waals surface area (Å²) in [5, 5.41) is 0. The van der Waals surface area contributed by atoms with E-state index in [4.69, 9.17) is 4.74 Å². The molecule has 0 saturated heterocycles. The second-order valence-corrected chi connectivity index (χ2v) is 5.15. The van der Waals surface area contributed by atoms with Gasteiger partial charge in [0.05, 0.1) is 0 Å². The number of carbonyl (C=O) groups is 2. The van der Waals surface area contributed by atoms with Gasteiger partial charge in [-0.2, -0.15) is 0 Å².